The van der Waals surface area contributed by atoms with E-state index in [2.05, 4.69) is 5.32 Å². The van der Waals surface area contributed by atoms with Crippen LogP contribution >= 0.6 is 22.9 Å². The van der Waals surface area contributed by atoms with Crippen molar-refractivity contribution < 1.29 is 14.6 Å². The van der Waals surface area contributed by atoms with Crippen molar-refractivity contribution in [3.8, 4) is 11.5 Å². The van der Waals surface area contributed by atoms with Crippen molar-refractivity contribution >= 4 is 22.9 Å². The molecule has 0 radical (unpaired) electrons. The van der Waals surface area contributed by atoms with Crippen molar-refractivity contribution in [1.29, 1.82) is 0 Å². The third-order valence-corrected chi connectivity index (χ3v) is 4.75. The number of benzene rings is 1. The molecule has 1 unspecified atom stereocenters. The van der Waals surface area contributed by atoms with Gasteiger partial charge in [-0.1, -0.05) is 11.6 Å². The Morgan fingerprint density at radius 3 is 2.50 bits per heavy atom. The number of halogens is 1. The molecule has 0 aliphatic rings. The predicted octanol–water partition coefficient (Wildman–Crippen LogP) is 3.55. The summed E-state index contributed by atoms with van der Waals surface area (Å²) in [5.74, 6) is 1.42. The van der Waals surface area contributed by atoms with Gasteiger partial charge in [-0.05, 0) is 42.3 Å². The number of aryl methyl sites for hydroxylation is 1. The molecule has 0 saturated carbocycles. The maximum absolute atomic E-state index is 10.1. The fourth-order valence-electron chi connectivity index (χ4n) is 2.16. The summed E-state index contributed by atoms with van der Waals surface area (Å²) in [6, 6.07) is 7.55. The first kappa shape index (κ1) is 17.1. The molecule has 120 valence electrons. The van der Waals surface area contributed by atoms with Crippen LogP contribution in [0.25, 0.3) is 0 Å². The Hall–Kier alpha value is -1.27. The number of hydrogen-bond acceptors (Lipinski definition) is 5. The molecule has 1 heterocycles. The van der Waals surface area contributed by atoms with Crippen LogP contribution in [0.2, 0.25) is 4.34 Å². The third kappa shape index (κ3) is 4.14. The summed E-state index contributed by atoms with van der Waals surface area (Å²) in [7, 11) is 3.24. The van der Waals surface area contributed by atoms with E-state index in [1.54, 1.807) is 20.3 Å². The van der Waals surface area contributed by atoms with E-state index in [9.17, 15) is 5.11 Å². The van der Waals surface area contributed by atoms with Crippen LogP contribution in [-0.4, -0.2) is 25.9 Å². The summed E-state index contributed by atoms with van der Waals surface area (Å²) >= 11 is 7.27. The van der Waals surface area contributed by atoms with Gasteiger partial charge in [-0.3, -0.25) is 0 Å². The average Bonchev–Trinajstić information content (AvgIpc) is 2.95. The summed E-state index contributed by atoms with van der Waals surface area (Å²) in [5, 5.41) is 13.4. The Bertz CT molecular complexity index is 630. The Morgan fingerprint density at radius 2 is 1.91 bits per heavy atom. The summed E-state index contributed by atoms with van der Waals surface area (Å²) in [6.07, 6.45) is -0.557. The van der Waals surface area contributed by atoms with Gasteiger partial charge in [0.2, 0.25) is 0 Å². The molecule has 1 aromatic heterocycles. The second kappa shape index (κ2) is 7.83. The number of aliphatic hydroxyl groups is 1. The van der Waals surface area contributed by atoms with Crippen molar-refractivity contribution in [2.45, 2.75) is 19.6 Å². The Balaban J connectivity index is 1.96. The van der Waals surface area contributed by atoms with Crippen LogP contribution in [0.5, 0.6) is 11.5 Å². The van der Waals surface area contributed by atoms with Gasteiger partial charge in [-0.15, -0.1) is 11.3 Å². The summed E-state index contributed by atoms with van der Waals surface area (Å²) in [5.41, 5.74) is 2.22. The maximum Gasteiger partial charge on any atom is 0.161 e. The first-order valence-corrected chi connectivity index (χ1v) is 8.10. The normalized spacial score (nSPS) is 12.2. The van der Waals surface area contributed by atoms with E-state index in [0.29, 0.717) is 23.2 Å². The predicted molar refractivity (Wildman–Crippen MR) is 90.3 cm³/mol. The molecule has 0 bridgehead atoms. The highest BCUT2D eigenvalue weighted by molar-refractivity contribution is 7.16. The Labute approximate surface area is 139 Å². The van der Waals surface area contributed by atoms with Gasteiger partial charge in [0, 0.05) is 18.0 Å². The SMILES string of the molecule is COc1cc(C)c(CNCC(O)c2ccc(Cl)s2)cc1OC. The number of hydrogen-bond donors (Lipinski definition) is 2. The molecule has 1 aromatic carbocycles. The van der Waals surface area contributed by atoms with Crippen LogP contribution in [0.1, 0.15) is 22.1 Å². The largest absolute Gasteiger partial charge is 0.493 e. The molecule has 2 rings (SSSR count). The maximum atomic E-state index is 10.1. The standard InChI is InChI=1S/C16H20ClNO3S/c1-10-6-13(20-2)14(21-3)7-11(10)8-18-9-12(19)15-4-5-16(17)22-15/h4-7,12,18-19H,8-9H2,1-3H3. The minimum Gasteiger partial charge on any atom is -0.493 e. The van der Waals surface area contributed by atoms with Crippen LogP contribution < -0.4 is 14.8 Å². The van der Waals surface area contributed by atoms with Crippen LogP contribution in [0, 0.1) is 6.92 Å². The fourth-order valence-corrected chi connectivity index (χ4v) is 3.21. The molecular weight excluding hydrogens is 322 g/mol. The van der Waals surface area contributed by atoms with Crippen molar-refractivity contribution in [2.24, 2.45) is 0 Å². The number of aliphatic hydroxyl groups excluding tert-OH is 1. The topological polar surface area (TPSA) is 50.7 Å². The molecule has 2 N–H and O–H groups in total. The zero-order valence-corrected chi connectivity index (χ0v) is 14.4. The van der Waals surface area contributed by atoms with Crippen molar-refractivity contribution in [1.82, 2.24) is 5.32 Å². The van der Waals surface area contributed by atoms with E-state index in [0.717, 1.165) is 21.8 Å². The lowest BCUT2D eigenvalue weighted by Gasteiger charge is -2.14. The van der Waals surface area contributed by atoms with Gasteiger partial charge in [-0.25, -0.2) is 0 Å². The molecule has 0 spiro atoms. The van der Waals surface area contributed by atoms with Crippen molar-refractivity contribution in [2.75, 3.05) is 20.8 Å². The first-order chi connectivity index (χ1) is 10.5. The second-order valence-corrected chi connectivity index (χ2v) is 6.67. The average molecular weight is 342 g/mol. The van der Waals surface area contributed by atoms with E-state index in [4.69, 9.17) is 21.1 Å². The molecule has 0 saturated heterocycles. The molecule has 0 aliphatic carbocycles. The van der Waals surface area contributed by atoms with Crippen LogP contribution in [0.4, 0.5) is 0 Å². The zero-order valence-electron chi connectivity index (χ0n) is 12.9. The summed E-state index contributed by atoms with van der Waals surface area (Å²) < 4.78 is 11.3. The van der Waals surface area contributed by atoms with E-state index >= 15 is 0 Å². The minimum absolute atomic E-state index is 0.463. The minimum atomic E-state index is -0.557. The highest BCUT2D eigenvalue weighted by Crippen LogP contribution is 2.30. The number of rotatable bonds is 7. The number of nitrogens with one attached hydrogen (secondary N) is 1. The molecule has 1 atom stereocenters. The third-order valence-electron chi connectivity index (χ3n) is 3.42. The molecule has 0 fully saturated rings. The summed E-state index contributed by atoms with van der Waals surface area (Å²) in [6.45, 7) is 3.13. The fraction of sp³-hybridized carbons (Fsp3) is 0.375. The molecule has 0 aliphatic heterocycles. The molecule has 2 aromatic rings. The van der Waals surface area contributed by atoms with E-state index in [1.807, 2.05) is 25.1 Å². The van der Waals surface area contributed by atoms with Crippen LogP contribution in [0.3, 0.4) is 0 Å². The smallest absolute Gasteiger partial charge is 0.161 e. The second-order valence-electron chi connectivity index (χ2n) is 4.92. The summed E-state index contributed by atoms with van der Waals surface area (Å²) in [4.78, 5) is 0.863. The van der Waals surface area contributed by atoms with Gasteiger partial charge < -0.3 is 19.9 Å². The number of thiophene rings is 1. The van der Waals surface area contributed by atoms with Gasteiger partial charge in [-0.2, -0.15) is 0 Å². The quantitative estimate of drug-likeness (QED) is 0.808. The Morgan fingerprint density at radius 1 is 1.23 bits per heavy atom. The van der Waals surface area contributed by atoms with Crippen molar-refractivity contribution in [3.63, 3.8) is 0 Å². The Kier molecular flexibility index (Phi) is 6.08. The molecule has 0 amide bonds. The lowest BCUT2D eigenvalue weighted by molar-refractivity contribution is 0.178. The lowest BCUT2D eigenvalue weighted by atomic mass is 10.1. The van der Waals surface area contributed by atoms with Gasteiger partial charge in [0.15, 0.2) is 11.5 Å². The molecule has 4 nitrogen and oxygen atoms in total. The van der Waals surface area contributed by atoms with Gasteiger partial charge in [0.1, 0.15) is 6.10 Å². The van der Waals surface area contributed by atoms with Crippen LogP contribution in [0.15, 0.2) is 24.3 Å². The van der Waals surface area contributed by atoms with E-state index in [-0.39, 0.29) is 0 Å². The van der Waals surface area contributed by atoms with E-state index in [1.165, 1.54) is 11.3 Å². The van der Waals surface area contributed by atoms with Crippen molar-refractivity contribution in [3.05, 3.63) is 44.6 Å². The zero-order chi connectivity index (χ0) is 16.1. The van der Waals surface area contributed by atoms with Gasteiger partial charge in [0.25, 0.3) is 0 Å². The number of ether oxygens (including phenoxy) is 2. The first-order valence-electron chi connectivity index (χ1n) is 6.90. The molecular formula is C16H20ClNO3S. The van der Waals surface area contributed by atoms with E-state index < -0.39 is 6.10 Å². The highest BCUT2D eigenvalue weighted by atomic mass is 35.5. The number of methoxy groups -OCH3 is 2. The molecule has 22 heavy (non-hydrogen) atoms. The van der Waals surface area contributed by atoms with Gasteiger partial charge >= 0.3 is 0 Å². The monoisotopic (exact) mass is 341 g/mol. The van der Waals surface area contributed by atoms with Crippen LogP contribution in [-0.2, 0) is 6.54 Å². The highest BCUT2D eigenvalue weighted by Gasteiger charge is 2.11. The molecule has 6 heteroatoms. The van der Waals surface area contributed by atoms with Gasteiger partial charge in [0.05, 0.1) is 18.6 Å². The lowest BCUT2D eigenvalue weighted by Crippen LogP contribution is -2.21.